The van der Waals surface area contributed by atoms with Gasteiger partial charge in [0.2, 0.25) is 5.78 Å². The standard InChI is InChI=1S/C41H64O2/c1-10-19-30(15-6)35-24-23-29(14-5)27-34(35)28-38(42)41(43)40-37(32(17-8)21-12-3)26-25-36(31(16-7)20-11-2)39(40)33(18-9)22-13-4/h23-28,30-33,42H,10-22H2,1-9H3/b38-28-. The SMILES string of the molecule is CCCC(CC)c1ccc(CC)cc1/C=C(\O)C(=O)c1c(C(CC)CCC)ccc(C(CC)CCC)c1C(CC)CCC. The van der Waals surface area contributed by atoms with E-state index in [1.54, 1.807) is 6.08 Å². The van der Waals surface area contributed by atoms with Crippen molar-refractivity contribution in [3.63, 3.8) is 0 Å². The Morgan fingerprint density at radius 1 is 0.628 bits per heavy atom. The van der Waals surface area contributed by atoms with Crippen LogP contribution in [0.1, 0.15) is 207 Å². The molecule has 0 bridgehead atoms. The quantitative estimate of drug-likeness (QED) is 0.0949. The third kappa shape index (κ3) is 9.32. The molecule has 0 heterocycles. The Bertz CT molecular complexity index is 1160. The lowest BCUT2D eigenvalue weighted by Gasteiger charge is -2.30. The summed E-state index contributed by atoms with van der Waals surface area (Å²) < 4.78 is 0. The van der Waals surface area contributed by atoms with Crippen molar-refractivity contribution in [2.75, 3.05) is 0 Å². The van der Waals surface area contributed by atoms with Crippen molar-refractivity contribution >= 4 is 11.9 Å². The number of allylic oxidation sites excluding steroid dienone is 1. The summed E-state index contributed by atoms with van der Waals surface area (Å²) in [6.45, 7) is 20.2. The first-order valence-electron chi connectivity index (χ1n) is 18.0. The number of carbonyl (C=O) groups excluding carboxylic acids is 1. The molecule has 0 aliphatic carbocycles. The van der Waals surface area contributed by atoms with E-state index in [0.717, 1.165) is 100 Å². The molecular weight excluding hydrogens is 524 g/mol. The maximum atomic E-state index is 14.8. The van der Waals surface area contributed by atoms with Crippen molar-refractivity contribution in [2.24, 2.45) is 0 Å². The zero-order chi connectivity index (χ0) is 31.9. The van der Waals surface area contributed by atoms with Gasteiger partial charge in [-0.1, -0.05) is 118 Å². The number of carbonyl (C=O) groups is 1. The average Bonchev–Trinajstić information content (AvgIpc) is 3.03. The number of ketones is 1. The predicted octanol–water partition coefficient (Wildman–Crippen LogP) is 13.2. The molecule has 0 aromatic heterocycles. The van der Waals surface area contributed by atoms with Crippen molar-refractivity contribution in [1.29, 1.82) is 0 Å². The Balaban J connectivity index is 2.94. The highest BCUT2D eigenvalue weighted by Gasteiger charge is 2.30. The van der Waals surface area contributed by atoms with Gasteiger partial charge in [-0.3, -0.25) is 4.79 Å². The zero-order valence-corrected chi connectivity index (χ0v) is 29.3. The summed E-state index contributed by atoms with van der Waals surface area (Å²) in [4.78, 5) is 14.8. The fourth-order valence-electron chi connectivity index (χ4n) is 7.41. The normalized spacial score (nSPS) is 14.9. The van der Waals surface area contributed by atoms with E-state index in [9.17, 15) is 9.90 Å². The molecule has 4 atom stereocenters. The van der Waals surface area contributed by atoms with Crippen LogP contribution in [0.4, 0.5) is 0 Å². The van der Waals surface area contributed by atoms with Gasteiger partial charge in [0.15, 0.2) is 5.76 Å². The maximum Gasteiger partial charge on any atom is 0.227 e. The van der Waals surface area contributed by atoms with Crippen LogP contribution in [0.15, 0.2) is 36.1 Å². The summed E-state index contributed by atoms with van der Waals surface area (Å²) in [5.41, 5.74) is 8.03. The molecular formula is C41H64O2. The molecule has 43 heavy (non-hydrogen) atoms. The molecule has 0 radical (unpaired) electrons. The Labute approximate surface area is 265 Å². The van der Waals surface area contributed by atoms with E-state index >= 15 is 0 Å². The molecule has 2 rings (SSSR count). The van der Waals surface area contributed by atoms with E-state index < -0.39 is 0 Å². The van der Waals surface area contributed by atoms with Crippen LogP contribution in [-0.2, 0) is 6.42 Å². The molecule has 0 spiro atoms. The van der Waals surface area contributed by atoms with Crippen LogP contribution in [0.5, 0.6) is 0 Å². The second-order valence-corrected chi connectivity index (χ2v) is 12.8. The van der Waals surface area contributed by atoms with Gasteiger partial charge in [0, 0.05) is 5.56 Å². The summed E-state index contributed by atoms with van der Waals surface area (Å²) in [6.07, 6.45) is 15.6. The molecule has 1 N–H and O–H groups in total. The molecule has 2 aromatic carbocycles. The number of rotatable bonds is 20. The topological polar surface area (TPSA) is 37.3 Å². The minimum atomic E-state index is -0.182. The number of hydrogen-bond donors (Lipinski definition) is 1. The van der Waals surface area contributed by atoms with Crippen LogP contribution in [0.3, 0.4) is 0 Å². The molecule has 0 amide bonds. The first-order chi connectivity index (χ1) is 20.8. The first kappa shape index (κ1) is 36.8. The number of aliphatic hydroxyl groups is 1. The predicted molar refractivity (Wildman–Crippen MR) is 189 cm³/mol. The number of benzene rings is 2. The van der Waals surface area contributed by atoms with Crippen LogP contribution >= 0.6 is 0 Å². The highest BCUT2D eigenvalue weighted by atomic mass is 16.3. The van der Waals surface area contributed by atoms with Gasteiger partial charge in [-0.05, 0) is 121 Å². The molecule has 0 saturated carbocycles. The third-order valence-electron chi connectivity index (χ3n) is 9.87. The van der Waals surface area contributed by atoms with Crippen LogP contribution in [0, 0.1) is 0 Å². The second-order valence-electron chi connectivity index (χ2n) is 12.8. The summed E-state index contributed by atoms with van der Waals surface area (Å²) in [5, 5.41) is 11.8. The van der Waals surface area contributed by atoms with Gasteiger partial charge in [0.05, 0.1) is 0 Å². The minimum absolute atomic E-state index is 0.109. The fraction of sp³-hybridized carbons (Fsp3) is 0.634. The number of hydrogen-bond acceptors (Lipinski definition) is 2. The van der Waals surface area contributed by atoms with Crippen molar-refractivity contribution in [3.8, 4) is 0 Å². The Morgan fingerprint density at radius 2 is 1.07 bits per heavy atom. The smallest absolute Gasteiger partial charge is 0.227 e. The van der Waals surface area contributed by atoms with Crippen LogP contribution in [0.2, 0.25) is 0 Å². The first-order valence-corrected chi connectivity index (χ1v) is 18.0. The fourth-order valence-corrected chi connectivity index (χ4v) is 7.41. The summed E-state index contributed by atoms with van der Waals surface area (Å²) in [6, 6.07) is 11.3. The van der Waals surface area contributed by atoms with Gasteiger partial charge in [-0.15, -0.1) is 0 Å². The molecule has 2 aromatic rings. The molecule has 4 unspecified atom stereocenters. The van der Waals surface area contributed by atoms with E-state index in [1.165, 1.54) is 22.3 Å². The monoisotopic (exact) mass is 588 g/mol. The second kappa shape index (κ2) is 19.1. The molecule has 0 aliphatic rings. The van der Waals surface area contributed by atoms with E-state index in [0.29, 0.717) is 23.7 Å². The highest BCUT2D eigenvalue weighted by molar-refractivity contribution is 6.12. The van der Waals surface area contributed by atoms with Crippen LogP contribution in [0.25, 0.3) is 6.08 Å². The number of aliphatic hydroxyl groups excluding tert-OH is 1. The van der Waals surface area contributed by atoms with Gasteiger partial charge in [-0.2, -0.15) is 0 Å². The van der Waals surface area contributed by atoms with E-state index in [1.807, 2.05) is 0 Å². The van der Waals surface area contributed by atoms with Crippen molar-refractivity contribution in [3.05, 3.63) is 75.0 Å². The lowest BCUT2D eigenvalue weighted by molar-refractivity contribution is 0.0977. The Hall–Kier alpha value is -2.35. The summed E-state index contributed by atoms with van der Waals surface area (Å²) >= 11 is 0. The van der Waals surface area contributed by atoms with E-state index in [4.69, 9.17) is 0 Å². The van der Waals surface area contributed by atoms with E-state index in [-0.39, 0.29) is 11.5 Å². The maximum absolute atomic E-state index is 14.8. The lowest BCUT2D eigenvalue weighted by Crippen LogP contribution is -2.19. The average molecular weight is 589 g/mol. The van der Waals surface area contributed by atoms with Crippen molar-refractivity contribution in [2.45, 2.75) is 169 Å². The molecule has 2 heteroatoms. The van der Waals surface area contributed by atoms with Gasteiger partial charge in [0.25, 0.3) is 0 Å². The molecule has 240 valence electrons. The van der Waals surface area contributed by atoms with Crippen molar-refractivity contribution in [1.82, 2.24) is 0 Å². The molecule has 2 nitrogen and oxygen atoms in total. The van der Waals surface area contributed by atoms with Gasteiger partial charge >= 0.3 is 0 Å². The highest BCUT2D eigenvalue weighted by Crippen LogP contribution is 2.42. The molecule has 0 fully saturated rings. The molecule has 0 saturated heterocycles. The van der Waals surface area contributed by atoms with Gasteiger partial charge < -0.3 is 5.11 Å². The van der Waals surface area contributed by atoms with E-state index in [2.05, 4.69) is 92.6 Å². The third-order valence-corrected chi connectivity index (χ3v) is 9.87. The Morgan fingerprint density at radius 3 is 1.56 bits per heavy atom. The largest absolute Gasteiger partial charge is 0.504 e. The zero-order valence-electron chi connectivity index (χ0n) is 29.3. The number of aryl methyl sites for hydroxylation is 1. The van der Waals surface area contributed by atoms with Crippen LogP contribution in [-0.4, -0.2) is 10.9 Å². The van der Waals surface area contributed by atoms with Crippen LogP contribution < -0.4 is 0 Å². The minimum Gasteiger partial charge on any atom is -0.504 e. The summed E-state index contributed by atoms with van der Waals surface area (Å²) in [7, 11) is 0. The number of Topliss-reactive ketones (excluding diaryl/α,β-unsaturated/α-hetero) is 1. The van der Waals surface area contributed by atoms with Gasteiger partial charge in [-0.25, -0.2) is 0 Å². The summed E-state index contributed by atoms with van der Waals surface area (Å²) in [5.74, 6) is 1.17. The van der Waals surface area contributed by atoms with Gasteiger partial charge in [0.1, 0.15) is 0 Å². The Kier molecular flexibility index (Phi) is 16.4. The molecule has 0 aliphatic heterocycles. The van der Waals surface area contributed by atoms with Crippen molar-refractivity contribution < 1.29 is 9.90 Å². The lowest BCUT2D eigenvalue weighted by atomic mass is 9.74.